The molecule has 0 aliphatic rings. The molecule has 46 valence electrons. The van der Waals surface area contributed by atoms with Crippen LogP contribution in [0.3, 0.4) is 0 Å². The third-order valence-electron chi connectivity index (χ3n) is 0.375. The Morgan fingerprint density at radius 3 is 2.12 bits per heavy atom. The molecule has 3 amide bonds. The average Bonchev–Trinajstić information content (AvgIpc) is 1.65. The van der Waals surface area contributed by atoms with Crippen LogP contribution in [-0.2, 0) is 4.79 Å². The van der Waals surface area contributed by atoms with Crippen LogP contribution in [-0.4, -0.2) is 11.9 Å². The molecule has 0 saturated carbocycles. The number of nitrogens with one attached hydrogen (secondary N) is 2. The van der Waals surface area contributed by atoms with E-state index in [4.69, 9.17) is 11.8 Å². The van der Waals surface area contributed by atoms with Gasteiger partial charge in [0.2, 0.25) is 5.91 Å². The molecule has 0 saturated heterocycles. The summed E-state index contributed by atoms with van der Waals surface area (Å²) in [4.78, 5) is 21.7. The van der Waals surface area contributed by atoms with Gasteiger partial charge in [0.05, 0.1) is 0 Å². The zero-order chi connectivity index (χ0) is 6.57. The van der Waals surface area contributed by atoms with Crippen LogP contribution in [0.4, 0.5) is 4.79 Å². The largest absolute Gasteiger partial charge is 0.335 e. The minimum atomic E-state index is -0.709. The van der Waals surface area contributed by atoms with Crippen molar-refractivity contribution in [2.75, 3.05) is 0 Å². The molecule has 0 rings (SSSR count). The number of amides is 3. The van der Waals surface area contributed by atoms with E-state index in [-0.39, 0.29) is 0 Å². The standard InChI is InChI=1S/C3H5ClN2O2/c1-2(7)5-3(8)6-4/h1H3,(H2,5,6,7,8). The first-order valence-electron chi connectivity index (χ1n) is 1.85. The van der Waals surface area contributed by atoms with E-state index in [1.807, 2.05) is 5.32 Å². The normalized spacial score (nSPS) is 7.75. The number of hydrogen-bond acceptors (Lipinski definition) is 2. The van der Waals surface area contributed by atoms with Gasteiger partial charge in [-0.2, -0.15) is 0 Å². The van der Waals surface area contributed by atoms with E-state index in [0.29, 0.717) is 0 Å². The van der Waals surface area contributed by atoms with Gasteiger partial charge in [-0.25, -0.2) is 9.63 Å². The summed E-state index contributed by atoms with van der Waals surface area (Å²) >= 11 is 4.78. The lowest BCUT2D eigenvalue weighted by Crippen LogP contribution is -2.33. The van der Waals surface area contributed by atoms with Crippen molar-refractivity contribution < 1.29 is 9.59 Å². The van der Waals surface area contributed by atoms with Gasteiger partial charge < -0.3 is 0 Å². The minimum absolute atomic E-state index is 0.442. The van der Waals surface area contributed by atoms with Gasteiger partial charge in [-0.15, -0.1) is 0 Å². The third kappa shape index (κ3) is 3.42. The second-order valence-corrected chi connectivity index (χ2v) is 1.29. The van der Waals surface area contributed by atoms with Gasteiger partial charge in [0.25, 0.3) is 0 Å². The van der Waals surface area contributed by atoms with Crippen molar-refractivity contribution in [1.29, 1.82) is 0 Å². The molecule has 0 unspecified atom stereocenters. The number of hydrogen-bond donors (Lipinski definition) is 2. The maximum atomic E-state index is 10.0. The lowest BCUT2D eigenvalue weighted by molar-refractivity contribution is -0.117. The Hall–Kier alpha value is -0.770. The highest BCUT2D eigenvalue weighted by atomic mass is 35.5. The fraction of sp³-hybridized carbons (Fsp3) is 0.333. The molecule has 0 aromatic heterocycles. The number of rotatable bonds is 0. The first kappa shape index (κ1) is 7.23. The monoisotopic (exact) mass is 136 g/mol. The molecule has 0 bridgehead atoms. The number of carbonyl (C=O) groups is 2. The van der Waals surface area contributed by atoms with Crippen molar-refractivity contribution in [2.24, 2.45) is 0 Å². The van der Waals surface area contributed by atoms with Crippen LogP contribution in [0.15, 0.2) is 0 Å². The van der Waals surface area contributed by atoms with Gasteiger partial charge in [0.1, 0.15) is 0 Å². The van der Waals surface area contributed by atoms with E-state index in [0.717, 1.165) is 0 Å². The summed E-state index contributed by atoms with van der Waals surface area (Å²) in [5.41, 5.74) is 0. The molecule has 8 heavy (non-hydrogen) atoms. The van der Waals surface area contributed by atoms with Gasteiger partial charge in [-0.05, 0) is 0 Å². The molecule has 0 atom stereocenters. The number of carbonyl (C=O) groups excluding carboxylic acids is 2. The molecule has 0 aromatic rings. The van der Waals surface area contributed by atoms with Crippen LogP contribution in [0, 0.1) is 0 Å². The molecule has 2 N–H and O–H groups in total. The van der Waals surface area contributed by atoms with Crippen LogP contribution in [0.5, 0.6) is 0 Å². The van der Waals surface area contributed by atoms with E-state index in [2.05, 4.69) is 0 Å². The maximum absolute atomic E-state index is 10.0. The quantitative estimate of drug-likeness (QED) is 0.460. The summed E-state index contributed by atoms with van der Waals surface area (Å²) in [7, 11) is 0. The SMILES string of the molecule is CC(=O)NC(=O)NCl. The second kappa shape index (κ2) is 3.26. The lowest BCUT2D eigenvalue weighted by Gasteiger charge is -1.93. The fourth-order valence-electron chi connectivity index (χ4n) is 0.184. The molecule has 0 aliphatic carbocycles. The van der Waals surface area contributed by atoms with Gasteiger partial charge in [-0.1, -0.05) is 0 Å². The van der Waals surface area contributed by atoms with E-state index >= 15 is 0 Å². The average molecular weight is 137 g/mol. The van der Waals surface area contributed by atoms with Crippen molar-refractivity contribution >= 4 is 23.7 Å². The second-order valence-electron chi connectivity index (χ2n) is 1.10. The van der Waals surface area contributed by atoms with Crippen molar-refractivity contribution in [2.45, 2.75) is 6.92 Å². The lowest BCUT2D eigenvalue weighted by atomic mass is 10.7. The molecular weight excluding hydrogens is 131 g/mol. The van der Waals surface area contributed by atoms with Crippen LogP contribution in [0.25, 0.3) is 0 Å². The van der Waals surface area contributed by atoms with Gasteiger partial charge in [0, 0.05) is 18.7 Å². The summed E-state index contributed by atoms with van der Waals surface area (Å²) < 4.78 is 0. The number of imide groups is 1. The molecule has 0 aromatic carbocycles. The fourth-order valence-corrected chi connectivity index (χ4v) is 0.231. The smallest absolute Gasteiger partial charge is 0.277 e. The van der Waals surface area contributed by atoms with Gasteiger partial charge >= 0.3 is 6.03 Å². The highest BCUT2D eigenvalue weighted by Crippen LogP contribution is 1.65. The Labute approximate surface area is 51.3 Å². The van der Waals surface area contributed by atoms with Gasteiger partial charge in [0.15, 0.2) is 0 Å². The van der Waals surface area contributed by atoms with Crippen molar-refractivity contribution in [3.05, 3.63) is 0 Å². The molecule has 0 radical (unpaired) electrons. The van der Waals surface area contributed by atoms with E-state index in [9.17, 15) is 9.59 Å². The van der Waals surface area contributed by atoms with Crippen LogP contribution < -0.4 is 10.2 Å². The van der Waals surface area contributed by atoms with E-state index < -0.39 is 11.9 Å². The molecule has 0 spiro atoms. The maximum Gasteiger partial charge on any atom is 0.335 e. The summed E-state index contributed by atoms with van der Waals surface area (Å²) in [5, 5.41) is 1.87. The van der Waals surface area contributed by atoms with Crippen LogP contribution in [0.1, 0.15) is 6.92 Å². The molecule has 4 nitrogen and oxygen atoms in total. The Balaban J connectivity index is 3.40. The Morgan fingerprint density at radius 2 is 2.00 bits per heavy atom. The van der Waals surface area contributed by atoms with Crippen LogP contribution >= 0.6 is 11.8 Å². The molecule has 0 heterocycles. The van der Waals surface area contributed by atoms with E-state index in [1.54, 1.807) is 4.84 Å². The van der Waals surface area contributed by atoms with E-state index in [1.165, 1.54) is 6.92 Å². The first-order valence-corrected chi connectivity index (χ1v) is 2.23. The highest BCUT2D eigenvalue weighted by Gasteiger charge is 1.96. The predicted molar refractivity (Wildman–Crippen MR) is 28.2 cm³/mol. The summed E-state index contributed by atoms with van der Waals surface area (Å²) in [6.45, 7) is 1.21. The summed E-state index contributed by atoms with van der Waals surface area (Å²) in [6, 6.07) is -0.709. The molecule has 0 aliphatic heterocycles. The number of halogens is 1. The molecule has 5 heteroatoms. The number of urea groups is 1. The summed E-state index contributed by atoms with van der Waals surface area (Å²) in [6.07, 6.45) is 0. The highest BCUT2D eigenvalue weighted by molar-refractivity contribution is 6.22. The zero-order valence-corrected chi connectivity index (χ0v) is 4.95. The molecular formula is C3H5ClN2O2. The van der Waals surface area contributed by atoms with Crippen molar-refractivity contribution in [3.63, 3.8) is 0 Å². The topological polar surface area (TPSA) is 58.2 Å². The third-order valence-corrected chi connectivity index (χ3v) is 0.547. The van der Waals surface area contributed by atoms with Gasteiger partial charge in [-0.3, -0.25) is 10.1 Å². The van der Waals surface area contributed by atoms with Crippen molar-refractivity contribution in [1.82, 2.24) is 10.2 Å². The Bertz CT molecular complexity index is 114. The molecule has 0 fully saturated rings. The Kier molecular flexibility index (Phi) is 2.95. The zero-order valence-electron chi connectivity index (χ0n) is 4.19. The minimum Gasteiger partial charge on any atom is -0.277 e. The summed E-state index contributed by atoms with van der Waals surface area (Å²) in [5.74, 6) is -0.442. The first-order chi connectivity index (χ1) is 3.66. The predicted octanol–water partition coefficient (Wildman–Crippen LogP) is -0.0141. The Morgan fingerprint density at radius 1 is 1.50 bits per heavy atom. The van der Waals surface area contributed by atoms with Crippen LogP contribution in [0.2, 0.25) is 0 Å². The van der Waals surface area contributed by atoms with Crippen molar-refractivity contribution in [3.8, 4) is 0 Å².